The number of amides is 1. The van der Waals surface area contributed by atoms with Crippen molar-refractivity contribution in [2.75, 3.05) is 11.1 Å². The van der Waals surface area contributed by atoms with E-state index in [1.54, 1.807) is 10.6 Å². The number of nitrogens with zero attached hydrogens (tertiary/aromatic N) is 2. The van der Waals surface area contributed by atoms with Crippen LogP contribution in [-0.2, 0) is 10.2 Å². The number of fused-ring (bicyclic) bond motifs is 1. The van der Waals surface area contributed by atoms with Crippen LogP contribution in [0.4, 0.5) is 5.69 Å². The van der Waals surface area contributed by atoms with E-state index >= 15 is 0 Å². The van der Waals surface area contributed by atoms with Crippen molar-refractivity contribution in [2.24, 2.45) is 0 Å². The lowest BCUT2D eigenvalue weighted by molar-refractivity contribution is -0.113. The molecule has 1 amide bonds. The SMILES string of the molecule is Cc1cc(C)cc(-n2c(SCC(=O)Nc3ccc(C(C)(C)C)cc3)nc3ccccc3c2=O)c1. The van der Waals surface area contributed by atoms with E-state index in [1.165, 1.54) is 17.3 Å². The standard InChI is InChI=1S/C28H29N3O2S/c1-18-14-19(2)16-22(15-18)31-26(33)23-8-6-7-9-24(23)30-27(31)34-17-25(32)29-21-12-10-20(11-13-21)28(3,4)5/h6-16H,17H2,1-5H3,(H,29,32). The van der Waals surface area contributed by atoms with Gasteiger partial charge in [0.1, 0.15) is 0 Å². The van der Waals surface area contributed by atoms with Gasteiger partial charge in [-0.15, -0.1) is 0 Å². The molecule has 4 rings (SSSR count). The Balaban J connectivity index is 1.62. The van der Waals surface area contributed by atoms with Crippen LogP contribution in [0.5, 0.6) is 0 Å². The molecule has 5 nitrogen and oxygen atoms in total. The minimum atomic E-state index is -0.150. The monoisotopic (exact) mass is 471 g/mol. The molecule has 4 aromatic rings. The molecule has 0 saturated heterocycles. The average Bonchev–Trinajstić information content (AvgIpc) is 2.77. The van der Waals surface area contributed by atoms with Crippen LogP contribution in [-0.4, -0.2) is 21.2 Å². The molecule has 0 spiro atoms. The van der Waals surface area contributed by atoms with Gasteiger partial charge in [0.15, 0.2) is 5.16 Å². The molecule has 174 valence electrons. The summed E-state index contributed by atoms with van der Waals surface area (Å²) >= 11 is 1.26. The van der Waals surface area contributed by atoms with Crippen molar-refractivity contribution in [3.8, 4) is 5.69 Å². The van der Waals surface area contributed by atoms with Gasteiger partial charge in [-0.1, -0.05) is 62.9 Å². The Morgan fingerprint density at radius 1 is 0.971 bits per heavy atom. The molecule has 1 N–H and O–H groups in total. The van der Waals surface area contributed by atoms with Gasteiger partial charge >= 0.3 is 0 Å². The molecule has 0 radical (unpaired) electrons. The van der Waals surface area contributed by atoms with Crippen molar-refractivity contribution in [1.82, 2.24) is 9.55 Å². The molecule has 3 aromatic carbocycles. The third kappa shape index (κ3) is 5.23. The van der Waals surface area contributed by atoms with Crippen LogP contribution in [0.2, 0.25) is 0 Å². The van der Waals surface area contributed by atoms with E-state index in [-0.39, 0.29) is 22.6 Å². The van der Waals surface area contributed by atoms with Gasteiger partial charge in [0.25, 0.3) is 5.56 Å². The second-order valence-corrected chi connectivity index (χ2v) is 10.5. The van der Waals surface area contributed by atoms with Crippen LogP contribution in [0.1, 0.15) is 37.5 Å². The number of aromatic nitrogens is 2. The maximum atomic E-state index is 13.4. The molecule has 0 unspecified atom stereocenters. The number of para-hydroxylation sites is 1. The predicted octanol–water partition coefficient (Wildman–Crippen LogP) is 6.03. The lowest BCUT2D eigenvalue weighted by Gasteiger charge is -2.19. The fourth-order valence-corrected chi connectivity index (χ4v) is 4.71. The Hall–Kier alpha value is -3.38. The second-order valence-electron chi connectivity index (χ2n) is 9.56. The lowest BCUT2D eigenvalue weighted by Crippen LogP contribution is -2.23. The van der Waals surface area contributed by atoms with Gasteiger partial charge < -0.3 is 5.32 Å². The molecule has 0 aliphatic heterocycles. The largest absolute Gasteiger partial charge is 0.325 e. The summed E-state index contributed by atoms with van der Waals surface area (Å²) < 4.78 is 1.61. The average molecular weight is 472 g/mol. The molecular weight excluding hydrogens is 442 g/mol. The number of carbonyl (C=O) groups is 1. The molecule has 0 aliphatic carbocycles. The lowest BCUT2D eigenvalue weighted by atomic mass is 9.87. The molecule has 1 aromatic heterocycles. The smallest absolute Gasteiger partial charge is 0.266 e. The highest BCUT2D eigenvalue weighted by Gasteiger charge is 2.16. The summed E-state index contributed by atoms with van der Waals surface area (Å²) in [5, 5.41) is 3.99. The van der Waals surface area contributed by atoms with Crippen molar-refractivity contribution in [1.29, 1.82) is 0 Å². The van der Waals surface area contributed by atoms with E-state index < -0.39 is 0 Å². The number of benzene rings is 3. The molecule has 1 heterocycles. The fraction of sp³-hybridized carbons (Fsp3) is 0.250. The highest BCUT2D eigenvalue weighted by molar-refractivity contribution is 7.99. The fourth-order valence-electron chi connectivity index (χ4n) is 3.90. The first kappa shape index (κ1) is 23.8. The predicted molar refractivity (Wildman–Crippen MR) is 141 cm³/mol. The number of hydrogen-bond donors (Lipinski definition) is 1. The first-order chi connectivity index (χ1) is 16.1. The summed E-state index contributed by atoms with van der Waals surface area (Å²) in [7, 11) is 0. The van der Waals surface area contributed by atoms with Crippen LogP contribution in [0.25, 0.3) is 16.6 Å². The zero-order valence-corrected chi connectivity index (χ0v) is 21.0. The van der Waals surface area contributed by atoms with Crippen molar-refractivity contribution in [2.45, 2.75) is 45.2 Å². The van der Waals surface area contributed by atoms with Crippen LogP contribution in [0, 0.1) is 13.8 Å². The summed E-state index contributed by atoms with van der Waals surface area (Å²) in [5.41, 5.74) is 5.35. The number of rotatable bonds is 5. The third-order valence-electron chi connectivity index (χ3n) is 5.58. The van der Waals surface area contributed by atoms with Gasteiger partial charge in [-0.25, -0.2) is 4.98 Å². The minimum Gasteiger partial charge on any atom is -0.325 e. The number of nitrogens with one attached hydrogen (secondary N) is 1. The van der Waals surface area contributed by atoms with E-state index in [4.69, 9.17) is 4.98 Å². The number of hydrogen-bond acceptors (Lipinski definition) is 4. The van der Waals surface area contributed by atoms with E-state index in [9.17, 15) is 9.59 Å². The Bertz CT molecular complexity index is 1400. The Morgan fingerprint density at radius 2 is 1.62 bits per heavy atom. The van der Waals surface area contributed by atoms with E-state index in [0.29, 0.717) is 16.1 Å². The quantitative estimate of drug-likeness (QED) is 0.285. The summed E-state index contributed by atoms with van der Waals surface area (Å²) in [4.78, 5) is 30.9. The highest BCUT2D eigenvalue weighted by Crippen LogP contribution is 2.25. The van der Waals surface area contributed by atoms with Crippen LogP contribution in [0.3, 0.4) is 0 Å². The third-order valence-corrected chi connectivity index (χ3v) is 6.52. The van der Waals surface area contributed by atoms with E-state index in [2.05, 4.69) is 32.2 Å². The van der Waals surface area contributed by atoms with E-state index in [0.717, 1.165) is 22.5 Å². The van der Waals surface area contributed by atoms with Gasteiger partial charge in [0, 0.05) is 5.69 Å². The maximum absolute atomic E-state index is 13.4. The summed E-state index contributed by atoms with van der Waals surface area (Å²) in [6.45, 7) is 10.5. The maximum Gasteiger partial charge on any atom is 0.266 e. The van der Waals surface area contributed by atoms with Crippen LogP contribution < -0.4 is 10.9 Å². The number of thioether (sulfide) groups is 1. The Labute approximate surface area is 204 Å². The van der Waals surface area contributed by atoms with Gasteiger partial charge in [-0.3, -0.25) is 14.2 Å². The number of carbonyl (C=O) groups excluding carboxylic acids is 1. The topological polar surface area (TPSA) is 64.0 Å². The molecular formula is C28H29N3O2S. The van der Waals surface area contributed by atoms with Gasteiger partial charge in [-0.05, 0) is 72.4 Å². The molecule has 0 atom stereocenters. The zero-order chi connectivity index (χ0) is 24.5. The molecule has 0 saturated carbocycles. The normalized spacial score (nSPS) is 11.6. The Kier molecular flexibility index (Phi) is 6.62. The zero-order valence-electron chi connectivity index (χ0n) is 20.2. The van der Waals surface area contributed by atoms with E-state index in [1.807, 2.05) is 68.4 Å². The summed E-state index contributed by atoms with van der Waals surface area (Å²) in [6.07, 6.45) is 0. The highest BCUT2D eigenvalue weighted by atomic mass is 32.2. The second kappa shape index (κ2) is 9.47. The summed E-state index contributed by atoms with van der Waals surface area (Å²) in [5.74, 6) is -0.0146. The Morgan fingerprint density at radius 3 is 2.26 bits per heavy atom. The van der Waals surface area contributed by atoms with Gasteiger partial charge in [-0.2, -0.15) is 0 Å². The van der Waals surface area contributed by atoms with Crippen LogP contribution in [0.15, 0.2) is 76.7 Å². The first-order valence-corrected chi connectivity index (χ1v) is 12.2. The minimum absolute atomic E-state index is 0.0535. The molecule has 0 aliphatic rings. The number of anilines is 1. The molecule has 6 heteroatoms. The number of aryl methyl sites for hydroxylation is 2. The van der Waals surface area contributed by atoms with Crippen molar-refractivity contribution < 1.29 is 4.79 Å². The van der Waals surface area contributed by atoms with Crippen molar-refractivity contribution in [3.05, 3.63) is 93.8 Å². The van der Waals surface area contributed by atoms with Crippen molar-refractivity contribution in [3.63, 3.8) is 0 Å². The molecule has 0 bridgehead atoms. The molecule has 0 fully saturated rings. The van der Waals surface area contributed by atoms with Crippen molar-refractivity contribution >= 4 is 34.3 Å². The summed E-state index contributed by atoms with van der Waals surface area (Å²) in [6, 6.07) is 21.2. The van der Waals surface area contributed by atoms with Gasteiger partial charge in [0.2, 0.25) is 5.91 Å². The van der Waals surface area contributed by atoms with Crippen LogP contribution >= 0.6 is 11.8 Å². The van der Waals surface area contributed by atoms with Gasteiger partial charge in [0.05, 0.1) is 22.3 Å². The first-order valence-electron chi connectivity index (χ1n) is 11.3. The molecule has 34 heavy (non-hydrogen) atoms.